The molecule has 1 unspecified atom stereocenters. The number of allylic oxidation sites excluding steroid dienone is 1. The van der Waals surface area contributed by atoms with Gasteiger partial charge in [0, 0.05) is 0 Å². The molecule has 0 N–H and O–H groups in total. The molecular formula is C27H34O3. The van der Waals surface area contributed by atoms with Gasteiger partial charge in [-0.15, -0.1) is 0 Å². The van der Waals surface area contributed by atoms with Crippen molar-refractivity contribution in [3.05, 3.63) is 65.2 Å². The second kappa shape index (κ2) is 11.6. The number of hydrogen-bond acceptors (Lipinski definition) is 3. The zero-order valence-electron chi connectivity index (χ0n) is 18.4. The number of esters is 1. The molecule has 0 fully saturated rings. The van der Waals surface area contributed by atoms with Crippen LogP contribution in [0.1, 0.15) is 69.1 Å². The van der Waals surface area contributed by atoms with Gasteiger partial charge in [0.25, 0.3) is 0 Å². The highest BCUT2D eigenvalue weighted by atomic mass is 16.5. The number of benzene rings is 2. The second-order valence-corrected chi connectivity index (χ2v) is 8.14. The van der Waals surface area contributed by atoms with Crippen LogP contribution in [0.25, 0.3) is 11.6 Å². The van der Waals surface area contributed by atoms with E-state index in [1.165, 1.54) is 22.3 Å². The zero-order valence-corrected chi connectivity index (χ0v) is 18.4. The molecule has 0 aromatic heterocycles. The average molecular weight is 407 g/mol. The largest absolute Gasteiger partial charge is 0.494 e. The van der Waals surface area contributed by atoms with Gasteiger partial charge in [0.1, 0.15) is 5.75 Å². The second-order valence-electron chi connectivity index (χ2n) is 8.14. The van der Waals surface area contributed by atoms with Crippen LogP contribution in [0.15, 0.2) is 48.5 Å². The molecule has 0 amide bonds. The van der Waals surface area contributed by atoms with E-state index in [9.17, 15) is 4.79 Å². The van der Waals surface area contributed by atoms with Gasteiger partial charge < -0.3 is 9.47 Å². The molecule has 1 atom stereocenters. The smallest absolute Gasteiger partial charge is 0.308 e. The summed E-state index contributed by atoms with van der Waals surface area (Å²) < 4.78 is 11.3. The van der Waals surface area contributed by atoms with Crippen LogP contribution >= 0.6 is 0 Å². The Hall–Kier alpha value is -2.55. The summed E-state index contributed by atoms with van der Waals surface area (Å²) in [5.74, 6) is 0.905. The third kappa shape index (κ3) is 6.48. The number of carbonyl (C=O) groups is 1. The minimum Gasteiger partial charge on any atom is -0.494 e. The third-order valence-corrected chi connectivity index (χ3v) is 5.82. The van der Waals surface area contributed by atoms with Crippen molar-refractivity contribution < 1.29 is 14.3 Å². The number of unbranched alkanes of at least 4 members (excludes halogenated alkanes) is 3. The Bertz CT molecular complexity index is 838. The Morgan fingerprint density at radius 2 is 1.73 bits per heavy atom. The van der Waals surface area contributed by atoms with Crippen molar-refractivity contribution in [2.45, 2.75) is 58.8 Å². The van der Waals surface area contributed by atoms with Crippen molar-refractivity contribution in [2.75, 3.05) is 13.2 Å². The van der Waals surface area contributed by atoms with Crippen LogP contribution in [0.3, 0.4) is 0 Å². The fourth-order valence-corrected chi connectivity index (χ4v) is 3.67. The summed E-state index contributed by atoms with van der Waals surface area (Å²) in [6.07, 6.45) is 9.38. The first-order valence-corrected chi connectivity index (χ1v) is 11.4. The molecule has 0 spiro atoms. The lowest BCUT2D eigenvalue weighted by atomic mass is 9.88. The van der Waals surface area contributed by atoms with Gasteiger partial charge in [0.05, 0.1) is 19.1 Å². The fourth-order valence-electron chi connectivity index (χ4n) is 3.67. The molecule has 2 aromatic rings. The molecular weight excluding hydrogens is 372 g/mol. The van der Waals surface area contributed by atoms with E-state index in [2.05, 4.69) is 54.6 Å². The van der Waals surface area contributed by atoms with Gasteiger partial charge in [0.2, 0.25) is 0 Å². The molecule has 2 aromatic carbocycles. The van der Waals surface area contributed by atoms with Crippen LogP contribution in [0.4, 0.5) is 0 Å². The Balaban J connectivity index is 1.36. The molecule has 3 nitrogen and oxygen atoms in total. The number of hydrogen-bond donors (Lipinski definition) is 0. The maximum Gasteiger partial charge on any atom is 0.308 e. The molecule has 3 heteroatoms. The van der Waals surface area contributed by atoms with E-state index in [1.54, 1.807) is 0 Å². The van der Waals surface area contributed by atoms with Crippen LogP contribution in [0.2, 0.25) is 0 Å². The molecule has 0 bridgehead atoms. The number of ether oxygens (including phenoxy) is 2. The van der Waals surface area contributed by atoms with E-state index in [0.29, 0.717) is 6.61 Å². The first-order chi connectivity index (χ1) is 14.7. The summed E-state index contributed by atoms with van der Waals surface area (Å²) in [6, 6.07) is 17.1. The van der Waals surface area contributed by atoms with Crippen LogP contribution in [-0.4, -0.2) is 19.2 Å². The highest BCUT2D eigenvalue weighted by Gasteiger charge is 2.13. The van der Waals surface area contributed by atoms with Crippen molar-refractivity contribution in [1.82, 2.24) is 0 Å². The minimum atomic E-state index is -0.0704. The first kappa shape index (κ1) is 22.1. The minimum absolute atomic E-state index is 0.00966. The van der Waals surface area contributed by atoms with Gasteiger partial charge >= 0.3 is 5.97 Å². The highest BCUT2D eigenvalue weighted by molar-refractivity contribution is 5.84. The predicted molar refractivity (Wildman–Crippen MR) is 123 cm³/mol. The summed E-state index contributed by atoms with van der Waals surface area (Å²) in [4.78, 5) is 11.6. The quantitative estimate of drug-likeness (QED) is 0.308. The van der Waals surface area contributed by atoms with E-state index >= 15 is 0 Å². The lowest BCUT2D eigenvalue weighted by Crippen LogP contribution is -2.14. The molecule has 0 heterocycles. The Kier molecular flexibility index (Phi) is 8.55. The van der Waals surface area contributed by atoms with Crippen molar-refractivity contribution >= 4 is 17.6 Å². The molecule has 30 heavy (non-hydrogen) atoms. The van der Waals surface area contributed by atoms with Gasteiger partial charge in [-0.3, -0.25) is 4.79 Å². The topological polar surface area (TPSA) is 35.5 Å². The summed E-state index contributed by atoms with van der Waals surface area (Å²) >= 11 is 0. The van der Waals surface area contributed by atoms with E-state index < -0.39 is 0 Å². The third-order valence-electron chi connectivity index (χ3n) is 5.82. The van der Waals surface area contributed by atoms with Crippen LogP contribution in [-0.2, 0) is 16.0 Å². The maximum atomic E-state index is 11.6. The summed E-state index contributed by atoms with van der Waals surface area (Å²) in [5, 5.41) is 0. The molecule has 160 valence electrons. The van der Waals surface area contributed by atoms with Crippen molar-refractivity contribution in [3.8, 4) is 5.75 Å². The molecule has 0 saturated heterocycles. The number of fused-ring (bicyclic) bond motifs is 1. The van der Waals surface area contributed by atoms with E-state index in [0.717, 1.165) is 57.3 Å². The standard InChI is InChI=1S/C27H34O3/c1-3-21(2)27(28)30-18-10-5-4-9-17-29-26-16-15-24-19-23(13-14-25(24)20-26)22-11-7-6-8-12-22/h6-8,11-12,15-16,19-21H,3-5,9-10,13-14,17-18H2,1-2H3. The van der Waals surface area contributed by atoms with Gasteiger partial charge in [-0.25, -0.2) is 0 Å². The summed E-state index contributed by atoms with van der Waals surface area (Å²) in [7, 11) is 0. The Labute approximate surface area is 181 Å². The van der Waals surface area contributed by atoms with Gasteiger partial charge in [0.15, 0.2) is 0 Å². The van der Waals surface area contributed by atoms with Crippen LogP contribution in [0, 0.1) is 5.92 Å². The Morgan fingerprint density at radius 1 is 0.967 bits per heavy atom. The predicted octanol–water partition coefficient (Wildman–Crippen LogP) is 6.70. The van der Waals surface area contributed by atoms with E-state index in [1.807, 2.05) is 13.8 Å². The zero-order chi connectivity index (χ0) is 21.2. The van der Waals surface area contributed by atoms with Crippen molar-refractivity contribution in [3.63, 3.8) is 0 Å². The maximum absolute atomic E-state index is 11.6. The fraction of sp³-hybridized carbons (Fsp3) is 0.444. The Morgan fingerprint density at radius 3 is 2.50 bits per heavy atom. The van der Waals surface area contributed by atoms with Gasteiger partial charge in [-0.1, -0.05) is 56.3 Å². The van der Waals surface area contributed by atoms with Crippen LogP contribution < -0.4 is 4.74 Å². The summed E-state index contributed by atoms with van der Waals surface area (Å²) in [5.41, 5.74) is 5.40. The molecule has 0 saturated carbocycles. The molecule has 0 radical (unpaired) electrons. The van der Waals surface area contributed by atoms with Gasteiger partial charge in [-0.2, -0.15) is 0 Å². The number of aryl methyl sites for hydroxylation is 1. The van der Waals surface area contributed by atoms with Gasteiger partial charge in [-0.05, 0) is 79.3 Å². The number of rotatable bonds is 11. The lowest BCUT2D eigenvalue weighted by molar-refractivity contribution is -0.148. The monoisotopic (exact) mass is 406 g/mol. The normalized spacial score (nSPS) is 13.9. The average Bonchev–Trinajstić information content (AvgIpc) is 2.80. The lowest BCUT2D eigenvalue weighted by Gasteiger charge is -2.18. The number of carbonyl (C=O) groups excluding carboxylic acids is 1. The summed E-state index contributed by atoms with van der Waals surface area (Å²) in [6.45, 7) is 5.19. The molecule has 0 aliphatic heterocycles. The van der Waals surface area contributed by atoms with Crippen molar-refractivity contribution in [2.24, 2.45) is 5.92 Å². The SMILES string of the molecule is CCC(C)C(=O)OCCCCCCOc1ccc2c(c1)CCC(c1ccccc1)=C2. The first-order valence-electron chi connectivity index (χ1n) is 11.4. The highest BCUT2D eigenvalue weighted by Crippen LogP contribution is 2.32. The van der Waals surface area contributed by atoms with Crippen molar-refractivity contribution in [1.29, 1.82) is 0 Å². The molecule has 3 rings (SSSR count). The van der Waals surface area contributed by atoms with E-state index in [4.69, 9.17) is 9.47 Å². The molecule has 1 aliphatic rings. The molecule has 1 aliphatic carbocycles. The van der Waals surface area contributed by atoms with E-state index in [-0.39, 0.29) is 11.9 Å². The van der Waals surface area contributed by atoms with Crippen LogP contribution in [0.5, 0.6) is 5.75 Å².